The average molecular weight is 675 g/mol. The van der Waals surface area contributed by atoms with E-state index in [1.54, 1.807) is 0 Å². The van der Waals surface area contributed by atoms with Crippen LogP contribution in [0.15, 0.2) is 162 Å². The molecule has 0 unspecified atom stereocenters. The van der Waals surface area contributed by atoms with Gasteiger partial charge in [-0.1, -0.05) is 115 Å². The molecule has 0 saturated heterocycles. The van der Waals surface area contributed by atoms with Crippen LogP contribution < -0.4 is 0 Å². The van der Waals surface area contributed by atoms with Gasteiger partial charge in [-0.15, -0.1) is 0 Å². The van der Waals surface area contributed by atoms with Gasteiger partial charge in [-0.05, 0) is 53.2 Å². The van der Waals surface area contributed by atoms with Crippen LogP contribution in [-0.4, -0.2) is 18.9 Å². The molecule has 244 valence electrons. The van der Waals surface area contributed by atoms with Crippen molar-refractivity contribution in [3.05, 3.63) is 158 Å². The molecule has 53 heavy (non-hydrogen) atoms. The number of fused-ring (bicyclic) bond motifs is 11. The molecule has 0 spiro atoms. The first-order valence-electron chi connectivity index (χ1n) is 18.0. The van der Waals surface area contributed by atoms with E-state index in [1.165, 1.54) is 48.9 Å². The molecule has 5 nitrogen and oxygen atoms in total. The summed E-state index contributed by atoms with van der Waals surface area (Å²) in [5.74, 6) is 0.789. The number of rotatable bonds is 2. The Labute approximate surface area is 300 Å². The van der Waals surface area contributed by atoms with Gasteiger partial charge in [0.1, 0.15) is 16.9 Å². The largest absolute Gasteiger partial charge is 0.456 e. The first kappa shape index (κ1) is 27.5. The third-order valence-electron chi connectivity index (χ3n) is 11.4. The van der Waals surface area contributed by atoms with E-state index < -0.39 is 0 Å². The van der Waals surface area contributed by atoms with E-state index in [2.05, 4.69) is 148 Å². The van der Waals surface area contributed by atoms with Gasteiger partial charge in [-0.3, -0.25) is 4.57 Å². The highest BCUT2D eigenvalue weighted by Crippen LogP contribution is 2.46. The molecule has 8 aromatic carbocycles. The van der Waals surface area contributed by atoms with Gasteiger partial charge in [0.05, 0.1) is 38.6 Å². The molecule has 5 heteroatoms. The Morgan fingerprint density at radius 2 is 1.06 bits per heavy atom. The molecule has 0 aliphatic rings. The Morgan fingerprint density at radius 1 is 0.415 bits per heavy atom. The van der Waals surface area contributed by atoms with E-state index in [1.807, 2.05) is 18.2 Å². The second-order valence-corrected chi connectivity index (χ2v) is 14.1. The fourth-order valence-corrected chi connectivity index (χ4v) is 9.30. The quantitative estimate of drug-likeness (QED) is 0.172. The van der Waals surface area contributed by atoms with E-state index in [9.17, 15) is 0 Å². The van der Waals surface area contributed by atoms with Gasteiger partial charge >= 0.3 is 0 Å². The van der Waals surface area contributed by atoms with Crippen molar-refractivity contribution in [3.8, 4) is 17.1 Å². The standard InChI is InChI=1S/C48H26N4O/c1-2-12-28-27(11-1)25-26-35-45(28)50-48(46(49-35)34-18-9-24-41-42(34)33-14-4-6-23-40(33)53-41)52-37-20-8-15-30-32-17-7-16-31-29-13-3-5-19-36(29)51(47(31)32)38-21-10-22-39(52)44(38)43(30)37/h1-26H. The normalized spacial score (nSPS) is 12.5. The molecule has 0 amide bonds. The lowest BCUT2D eigenvalue weighted by atomic mass is 10.0. The van der Waals surface area contributed by atoms with Crippen molar-refractivity contribution in [1.82, 2.24) is 18.9 Å². The molecular formula is C48H26N4O. The van der Waals surface area contributed by atoms with Crippen molar-refractivity contribution < 1.29 is 4.42 Å². The minimum absolute atomic E-state index is 0.789. The first-order valence-corrected chi connectivity index (χ1v) is 18.0. The predicted molar refractivity (Wildman–Crippen MR) is 219 cm³/mol. The lowest BCUT2D eigenvalue weighted by Gasteiger charge is -2.15. The summed E-state index contributed by atoms with van der Waals surface area (Å²) >= 11 is 0. The number of benzene rings is 8. The fourth-order valence-electron chi connectivity index (χ4n) is 9.30. The topological polar surface area (TPSA) is 48.3 Å². The first-order chi connectivity index (χ1) is 26.3. The van der Waals surface area contributed by atoms with E-state index in [4.69, 9.17) is 14.4 Å². The van der Waals surface area contributed by atoms with Gasteiger partial charge < -0.3 is 8.82 Å². The van der Waals surface area contributed by atoms with Gasteiger partial charge in [0.2, 0.25) is 0 Å². The highest BCUT2D eigenvalue weighted by molar-refractivity contribution is 6.31. The van der Waals surface area contributed by atoms with Crippen LogP contribution in [0.5, 0.6) is 0 Å². The van der Waals surface area contributed by atoms with Crippen LogP contribution in [0.4, 0.5) is 0 Å². The number of para-hydroxylation sites is 3. The Morgan fingerprint density at radius 3 is 1.98 bits per heavy atom. The summed E-state index contributed by atoms with van der Waals surface area (Å²) in [5, 5.41) is 11.7. The Balaban J connectivity index is 1.27. The van der Waals surface area contributed by atoms with Crippen LogP contribution >= 0.6 is 0 Å². The molecular weight excluding hydrogens is 649 g/mol. The lowest BCUT2D eigenvalue weighted by Crippen LogP contribution is -2.04. The third-order valence-corrected chi connectivity index (χ3v) is 11.4. The Hall–Kier alpha value is -7.24. The molecule has 0 aliphatic carbocycles. The summed E-state index contributed by atoms with van der Waals surface area (Å²) in [6.07, 6.45) is 0. The van der Waals surface area contributed by atoms with Crippen molar-refractivity contribution in [3.63, 3.8) is 0 Å². The fraction of sp³-hybridized carbons (Fsp3) is 0. The molecule has 0 fully saturated rings. The molecule has 13 aromatic rings. The highest BCUT2D eigenvalue weighted by Gasteiger charge is 2.26. The van der Waals surface area contributed by atoms with Gasteiger partial charge in [0.15, 0.2) is 5.82 Å². The van der Waals surface area contributed by atoms with Crippen LogP contribution in [0.3, 0.4) is 0 Å². The van der Waals surface area contributed by atoms with Crippen LogP contribution in [0.25, 0.3) is 121 Å². The van der Waals surface area contributed by atoms with Gasteiger partial charge in [0.25, 0.3) is 0 Å². The maximum atomic E-state index is 6.41. The van der Waals surface area contributed by atoms with Crippen molar-refractivity contribution in [2.75, 3.05) is 0 Å². The van der Waals surface area contributed by atoms with E-state index >= 15 is 0 Å². The maximum Gasteiger partial charge on any atom is 0.165 e. The summed E-state index contributed by atoms with van der Waals surface area (Å²) in [7, 11) is 0. The smallest absolute Gasteiger partial charge is 0.165 e. The van der Waals surface area contributed by atoms with Crippen LogP contribution in [0, 0.1) is 0 Å². The predicted octanol–water partition coefficient (Wildman–Crippen LogP) is 12.6. The third kappa shape index (κ3) is 3.42. The average Bonchev–Trinajstić information content (AvgIpc) is 3.85. The van der Waals surface area contributed by atoms with Crippen LogP contribution in [-0.2, 0) is 0 Å². The van der Waals surface area contributed by atoms with Crippen LogP contribution in [0.1, 0.15) is 0 Å². The second kappa shape index (κ2) is 9.75. The van der Waals surface area contributed by atoms with Crippen molar-refractivity contribution in [2.45, 2.75) is 0 Å². The highest BCUT2D eigenvalue weighted by atomic mass is 16.3. The van der Waals surface area contributed by atoms with Crippen molar-refractivity contribution in [1.29, 1.82) is 0 Å². The zero-order chi connectivity index (χ0) is 34.4. The zero-order valence-electron chi connectivity index (χ0n) is 28.2. The minimum Gasteiger partial charge on any atom is -0.456 e. The van der Waals surface area contributed by atoms with E-state index in [0.717, 1.165) is 71.9 Å². The molecule has 0 saturated carbocycles. The molecule has 0 aliphatic heterocycles. The molecule has 0 bridgehead atoms. The molecule has 0 atom stereocenters. The minimum atomic E-state index is 0.789. The number of aromatic nitrogens is 4. The summed E-state index contributed by atoms with van der Waals surface area (Å²) in [6.45, 7) is 0. The van der Waals surface area contributed by atoms with Crippen LogP contribution in [0.2, 0.25) is 0 Å². The maximum absolute atomic E-state index is 6.41. The monoisotopic (exact) mass is 674 g/mol. The number of hydrogen-bond acceptors (Lipinski definition) is 3. The van der Waals surface area contributed by atoms with Gasteiger partial charge in [0, 0.05) is 48.7 Å². The molecule has 0 N–H and O–H groups in total. The number of furan rings is 1. The SMILES string of the molecule is c1ccc2c(c1)ccc1nc(-c3cccc4oc5ccccc5c34)c(-n3c4cccc5c6cccc7c8ccccc8n(c8cccc3c8c54)c67)nc12. The number of hydrogen-bond donors (Lipinski definition) is 0. The summed E-state index contributed by atoms with van der Waals surface area (Å²) in [5.41, 5.74) is 11.0. The Bertz CT molecular complexity index is 3700. The van der Waals surface area contributed by atoms with E-state index in [0.29, 0.717) is 0 Å². The van der Waals surface area contributed by atoms with Crippen molar-refractivity contribution >= 4 is 104 Å². The summed E-state index contributed by atoms with van der Waals surface area (Å²) < 4.78 is 11.3. The van der Waals surface area contributed by atoms with Gasteiger partial charge in [-0.25, -0.2) is 9.97 Å². The molecule has 13 rings (SSSR count). The summed E-state index contributed by atoms with van der Waals surface area (Å²) in [4.78, 5) is 11.2. The van der Waals surface area contributed by atoms with E-state index in [-0.39, 0.29) is 0 Å². The summed E-state index contributed by atoms with van der Waals surface area (Å²) in [6, 6.07) is 56.2. The van der Waals surface area contributed by atoms with Gasteiger partial charge in [-0.2, -0.15) is 0 Å². The second-order valence-electron chi connectivity index (χ2n) is 14.1. The molecule has 5 heterocycles. The lowest BCUT2D eigenvalue weighted by molar-refractivity contribution is 0.669. The Kier molecular flexibility index (Phi) is 5.06. The molecule has 5 aromatic heterocycles. The number of nitrogens with zero attached hydrogens (tertiary/aromatic N) is 4. The van der Waals surface area contributed by atoms with Crippen molar-refractivity contribution in [2.24, 2.45) is 0 Å². The zero-order valence-corrected chi connectivity index (χ0v) is 28.2. The molecule has 0 radical (unpaired) electrons.